The standard InChI is InChI=1S/C24H26O7/c1-5-7-8-12-9-13(10-16(27)19(12)28)22-21(30)20(29)17-14(25)11-15(26)18(23(17)31-22)24(3,4)6-2/h5,7,9-11,25-28,30H,6,8H2,1-4H3/b7-5+. The zero-order valence-electron chi connectivity index (χ0n) is 17.9. The topological polar surface area (TPSA) is 131 Å². The molecule has 2 aromatic carbocycles. The maximum absolute atomic E-state index is 13.0. The van der Waals surface area contributed by atoms with E-state index in [0.29, 0.717) is 24.0 Å². The number of benzene rings is 2. The Hall–Kier alpha value is -3.61. The summed E-state index contributed by atoms with van der Waals surface area (Å²) in [7, 11) is 0. The van der Waals surface area contributed by atoms with Crippen LogP contribution in [0.15, 0.2) is 39.6 Å². The third kappa shape index (κ3) is 3.67. The van der Waals surface area contributed by atoms with Crippen molar-refractivity contribution in [3.05, 3.63) is 51.7 Å². The highest BCUT2D eigenvalue weighted by Gasteiger charge is 2.30. The molecule has 3 rings (SSSR count). The summed E-state index contributed by atoms with van der Waals surface area (Å²) in [5.41, 5.74) is -0.695. The highest BCUT2D eigenvalue weighted by molar-refractivity contribution is 5.91. The summed E-state index contributed by atoms with van der Waals surface area (Å²) in [5.74, 6) is -2.50. The van der Waals surface area contributed by atoms with Gasteiger partial charge in [-0.2, -0.15) is 0 Å². The van der Waals surface area contributed by atoms with E-state index >= 15 is 0 Å². The predicted octanol–water partition coefficient (Wildman–Crippen LogP) is 4.79. The first kappa shape index (κ1) is 22.1. The van der Waals surface area contributed by atoms with Gasteiger partial charge in [-0.1, -0.05) is 32.9 Å². The summed E-state index contributed by atoms with van der Waals surface area (Å²) in [5, 5.41) is 51.5. The molecule has 0 saturated heterocycles. The monoisotopic (exact) mass is 426 g/mol. The van der Waals surface area contributed by atoms with Crippen molar-refractivity contribution < 1.29 is 29.9 Å². The van der Waals surface area contributed by atoms with Gasteiger partial charge >= 0.3 is 0 Å². The van der Waals surface area contributed by atoms with Gasteiger partial charge in [0.25, 0.3) is 0 Å². The van der Waals surface area contributed by atoms with Gasteiger partial charge in [-0.05, 0) is 37.3 Å². The molecule has 5 N–H and O–H groups in total. The van der Waals surface area contributed by atoms with Crippen molar-refractivity contribution in [1.29, 1.82) is 0 Å². The molecule has 164 valence electrons. The van der Waals surface area contributed by atoms with E-state index in [-0.39, 0.29) is 33.8 Å². The molecule has 0 spiro atoms. The molecule has 3 aromatic rings. The third-order valence-electron chi connectivity index (χ3n) is 5.67. The van der Waals surface area contributed by atoms with Crippen molar-refractivity contribution in [2.45, 2.75) is 46.0 Å². The number of hydrogen-bond acceptors (Lipinski definition) is 7. The largest absolute Gasteiger partial charge is 0.507 e. The van der Waals surface area contributed by atoms with Crippen LogP contribution >= 0.6 is 0 Å². The molecule has 0 radical (unpaired) electrons. The molecular weight excluding hydrogens is 400 g/mol. The molecule has 0 fully saturated rings. The number of fused-ring (bicyclic) bond motifs is 1. The second kappa shape index (κ2) is 7.91. The predicted molar refractivity (Wildman–Crippen MR) is 118 cm³/mol. The second-order valence-corrected chi connectivity index (χ2v) is 8.12. The molecule has 1 heterocycles. The van der Waals surface area contributed by atoms with Gasteiger partial charge in [0.05, 0.1) is 0 Å². The molecule has 7 nitrogen and oxygen atoms in total. The Labute approximate surface area is 179 Å². The van der Waals surface area contributed by atoms with Gasteiger partial charge in [-0.15, -0.1) is 0 Å². The van der Waals surface area contributed by atoms with Gasteiger partial charge in [0.1, 0.15) is 22.5 Å². The molecular formula is C24H26O7. The Morgan fingerprint density at radius 3 is 2.26 bits per heavy atom. The van der Waals surface area contributed by atoms with Crippen LogP contribution in [0.1, 0.15) is 45.2 Å². The number of phenolic OH excluding ortho intramolecular Hbond substituents is 4. The van der Waals surface area contributed by atoms with Crippen molar-refractivity contribution in [2.75, 3.05) is 0 Å². The van der Waals surface area contributed by atoms with Crippen LogP contribution < -0.4 is 5.43 Å². The minimum Gasteiger partial charge on any atom is -0.507 e. The van der Waals surface area contributed by atoms with Crippen LogP contribution in [0.4, 0.5) is 0 Å². The van der Waals surface area contributed by atoms with E-state index in [2.05, 4.69) is 0 Å². The van der Waals surface area contributed by atoms with E-state index in [1.807, 2.05) is 27.7 Å². The van der Waals surface area contributed by atoms with E-state index in [1.54, 1.807) is 12.2 Å². The molecule has 31 heavy (non-hydrogen) atoms. The quantitative estimate of drug-likeness (QED) is 0.293. The highest BCUT2D eigenvalue weighted by atomic mass is 16.4. The average Bonchev–Trinajstić information content (AvgIpc) is 2.70. The summed E-state index contributed by atoms with van der Waals surface area (Å²) in [6, 6.07) is 3.73. The van der Waals surface area contributed by atoms with Crippen molar-refractivity contribution >= 4 is 11.0 Å². The molecule has 0 aliphatic carbocycles. The third-order valence-corrected chi connectivity index (χ3v) is 5.67. The fourth-order valence-corrected chi connectivity index (χ4v) is 3.56. The minimum absolute atomic E-state index is 0.0512. The van der Waals surface area contributed by atoms with Crippen molar-refractivity contribution in [1.82, 2.24) is 0 Å². The lowest BCUT2D eigenvalue weighted by Crippen LogP contribution is -2.17. The van der Waals surface area contributed by atoms with Gasteiger partial charge in [0.15, 0.2) is 17.3 Å². The lowest BCUT2D eigenvalue weighted by Gasteiger charge is -2.25. The van der Waals surface area contributed by atoms with Gasteiger partial charge in [-0.3, -0.25) is 4.79 Å². The average molecular weight is 426 g/mol. The zero-order chi connectivity index (χ0) is 23.1. The fourth-order valence-electron chi connectivity index (χ4n) is 3.56. The number of rotatable bonds is 5. The number of aromatic hydroxyl groups is 5. The Balaban J connectivity index is 2.44. The molecule has 1 aromatic heterocycles. The first-order valence-electron chi connectivity index (χ1n) is 9.95. The molecule has 0 atom stereocenters. The van der Waals surface area contributed by atoms with Gasteiger partial charge in [-0.25, -0.2) is 0 Å². The summed E-state index contributed by atoms with van der Waals surface area (Å²) in [6.45, 7) is 7.42. The van der Waals surface area contributed by atoms with Crippen LogP contribution in [-0.4, -0.2) is 25.5 Å². The van der Waals surface area contributed by atoms with Gasteiger partial charge in [0.2, 0.25) is 11.2 Å². The van der Waals surface area contributed by atoms with Crippen molar-refractivity contribution in [3.8, 4) is 40.1 Å². The van der Waals surface area contributed by atoms with Gasteiger partial charge < -0.3 is 29.9 Å². The zero-order valence-corrected chi connectivity index (χ0v) is 17.9. The van der Waals surface area contributed by atoms with E-state index in [0.717, 1.165) is 6.07 Å². The van der Waals surface area contributed by atoms with E-state index < -0.39 is 28.1 Å². The highest BCUT2D eigenvalue weighted by Crippen LogP contribution is 2.45. The Morgan fingerprint density at radius 2 is 1.65 bits per heavy atom. The number of phenols is 4. The minimum atomic E-state index is -0.871. The van der Waals surface area contributed by atoms with E-state index in [9.17, 15) is 30.3 Å². The maximum atomic E-state index is 13.0. The van der Waals surface area contributed by atoms with Crippen LogP contribution in [0.5, 0.6) is 28.7 Å². The lowest BCUT2D eigenvalue weighted by molar-refractivity contribution is 0.399. The summed E-state index contributed by atoms with van der Waals surface area (Å²) >= 11 is 0. The Kier molecular flexibility index (Phi) is 5.63. The number of allylic oxidation sites excluding steroid dienone is 2. The molecule has 0 bridgehead atoms. The molecule has 0 amide bonds. The Morgan fingerprint density at radius 1 is 0.968 bits per heavy atom. The summed E-state index contributed by atoms with van der Waals surface area (Å²) in [6.07, 6.45) is 4.44. The van der Waals surface area contributed by atoms with E-state index in [4.69, 9.17) is 4.42 Å². The summed E-state index contributed by atoms with van der Waals surface area (Å²) in [4.78, 5) is 13.0. The molecule has 7 heteroatoms. The lowest BCUT2D eigenvalue weighted by atomic mass is 9.80. The summed E-state index contributed by atoms with van der Waals surface area (Å²) < 4.78 is 5.91. The smallest absolute Gasteiger partial charge is 0.238 e. The molecule has 0 aliphatic heterocycles. The second-order valence-electron chi connectivity index (χ2n) is 8.12. The van der Waals surface area contributed by atoms with Crippen LogP contribution in [0.3, 0.4) is 0 Å². The normalized spacial score (nSPS) is 12.1. The first-order chi connectivity index (χ1) is 14.5. The van der Waals surface area contributed by atoms with Gasteiger partial charge in [0, 0.05) is 22.8 Å². The van der Waals surface area contributed by atoms with Crippen molar-refractivity contribution in [2.24, 2.45) is 0 Å². The molecule has 0 aliphatic rings. The van der Waals surface area contributed by atoms with Crippen LogP contribution in [0, 0.1) is 0 Å². The maximum Gasteiger partial charge on any atom is 0.238 e. The molecule has 0 unspecified atom stereocenters. The van der Waals surface area contributed by atoms with E-state index in [1.165, 1.54) is 12.1 Å². The van der Waals surface area contributed by atoms with Crippen LogP contribution in [0.2, 0.25) is 0 Å². The first-order valence-corrected chi connectivity index (χ1v) is 9.95. The number of hydrogen-bond donors (Lipinski definition) is 5. The van der Waals surface area contributed by atoms with Crippen LogP contribution in [0.25, 0.3) is 22.3 Å². The van der Waals surface area contributed by atoms with Crippen molar-refractivity contribution in [3.63, 3.8) is 0 Å². The van der Waals surface area contributed by atoms with Crippen LogP contribution in [-0.2, 0) is 11.8 Å². The Bertz CT molecular complexity index is 1250. The molecule has 0 saturated carbocycles. The fraction of sp³-hybridized carbons (Fsp3) is 0.292. The SMILES string of the molecule is C/C=C/Cc1cc(-c2oc3c(C(C)(C)CC)c(O)cc(O)c3c(=O)c2O)cc(O)c1O.